The van der Waals surface area contributed by atoms with Crippen LogP contribution in [-0.4, -0.2) is 42.4 Å². The van der Waals surface area contributed by atoms with Crippen molar-refractivity contribution in [3.8, 4) is 0 Å². The number of carbonyl (C=O) groups is 1. The number of anilines is 4. The molecule has 1 saturated heterocycles. The summed E-state index contributed by atoms with van der Waals surface area (Å²) in [6, 6.07) is 17.0. The Bertz CT molecular complexity index is 990. The van der Waals surface area contributed by atoms with Crippen molar-refractivity contribution in [2.24, 2.45) is 0 Å². The zero-order chi connectivity index (χ0) is 20.1. The highest BCUT2D eigenvalue weighted by atomic mass is 127. The first-order chi connectivity index (χ1) is 14.2. The number of carbonyl (C=O) groups excluding carboxylic acids is 1. The summed E-state index contributed by atoms with van der Waals surface area (Å²) in [7, 11) is 0. The van der Waals surface area contributed by atoms with Crippen LogP contribution in [0.2, 0.25) is 0 Å². The van der Waals surface area contributed by atoms with E-state index in [0.717, 1.165) is 46.9 Å². The molecule has 0 saturated carbocycles. The van der Waals surface area contributed by atoms with Gasteiger partial charge < -0.3 is 20.3 Å². The van der Waals surface area contributed by atoms with Crippen molar-refractivity contribution in [3.63, 3.8) is 0 Å². The Morgan fingerprint density at radius 2 is 1.76 bits per heavy atom. The van der Waals surface area contributed by atoms with Crippen LogP contribution in [0.1, 0.15) is 10.4 Å². The first-order valence-corrected chi connectivity index (χ1v) is 10.4. The average Bonchev–Trinajstić information content (AvgIpc) is 2.76. The predicted molar refractivity (Wildman–Crippen MR) is 122 cm³/mol. The van der Waals surface area contributed by atoms with Crippen LogP contribution in [0.4, 0.5) is 22.9 Å². The van der Waals surface area contributed by atoms with E-state index in [9.17, 15) is 4.79 Å². The number of morpholine rings is 1. The molecule has 0 unspecified atom stereocenters. The third kappa shape index (κ3) is 5.01. The number of aromatic nitrogens is 2. The van der Waals surface area contributed by atoms with Crippen LogP contribution >= 0.6 is 22.6 Å². The van der Waals surface area contributed by atoms with Crippen molar-refractivity contribution in [1.82, 2.24) is 10.2 Å². The lowest BCUT2D eigenvalue weighted by molar-refractivity contribution is 0.102. The third-order valence-corrected chi connectivity index (χ3v) is 5.49. The van der Waals surface area contributed by atoms with Crippen molar-refractivity contribution < 1.29 is 9.53 Å². The van der Waals surface area contributed by atoms with E-state index < -0.39 is 0 Å². The highest BCUT2D eigenvalue weighted by Gasteiger charge is 2.13. The van der Waals surface area contributed by atoms with Crippen LogP contribution in [0.15, 0.2) is 60.8 Å². The molecule has 2 N–H and O–H groups in total. The summed E-state index contributed by atoms with van der Waals surface area (Å²) in [5.41, 5.74) is 3.27. The Hall–Kier alpha value is -2.72. The Labute approximate surface area is 182 Å². The molecule has 0 radical (unpaired) electrons. The second-order valence-electron chi connectivity index (χ2n) is 6.53. The molecule has 3 aromatic rings. The molecule has 4 rings (SSSR count). The molecule has 2 aromatic carbocycles. The van der Waals surface area contributed by atoms with Gasteiger partial charge in [-0.3, -0.25) is 4.79 Å². The van der Waals surface area contributed by atoms with Gasteiger partial charge >= 0.3 is 0 Å². The molecule has 1 amide bonds. The Morgan fingerprint density at radius 3 is 2.52 bits per heavy atom. The van der Waals surface area contributed by atoms with Gasteiger partial charge in [0.25, 0.3) is 5.91 Å². The largest absolute Gasteiger partial charge is 0.378 e. The molecule has 7 nitrogen and oxygen atoms in total. The number of nitrogens with one attached hydrogen (secondary N) is 2. The Balaban J connectivity index is 1.41. The van der Waals surface area contributed by atoms with Gasteiger partial charge in [-0.1, -0.05) is 12.1 Å². The van der Waals surface area contributed by atoms with E-state index in [2.05, 4.69) is 48.3 Å². The number of amides is 1. The fourth-order valence-corrected chi connectivity index (χ4v) is 3.67. The first-order valence-electron chi connectivity index (χ1n) is 9.27. The summed E-state index contributed by atoms with van der Waals surface area (Å²) >= 11 is 2.16. The highest BCUT2D eigenvalue weighted by Crippen LogP contribution is 2.22. The maximum atomic E-state index is 12.4. The molecule has 1 fully saturated rings. The summed E-state index contributed by atoms with van der Waals surface area (Å²) < 4.78 is 6.31. The van der Waals surface area contributed by atoms with Gasteiger partial charge in [-0.2, -0.15) is 5.10 Å². The van der Waals surface area contributed by atoms with Gasteiger partial charge in [-0.25, -0.2) is 0 Å². The smallest absolute Gasteiger partial charge is 0.256 e. The summed E-state index contributed by atoms with van der Waals surface area (Å²) in [4.78, 5) is 14.7. The van der Waals surface area contributed by atoms with Gasteiger partial charge in [0, 0.05) is 34.1 Å². The number of ether oxygens (including phenoxy) is 1. The number of hydrogen-bond donors (Lipinski definition) is 2. The lowest BCUT2D eigenvalue weighted by Crippen LogP contribution is -2.36. The molecule has 148 valence electrons. The van der Waals surface area contributed by atoms with Gasteiger partial charge in [0.1, 0.15) is 0 Å². The molecule has 1 aromatic heterocycles. The van der Waals surface area contributed by atoms with Crippen LogP contribution in [0.3, 0.4) is 0 Å². The van der Waals surface area contributed by atoms with Crippen LogP contribution < -0.4 is 15.5 Å². The van der Waals surface area contributed by atoms with Crippen LogP contribution in [0, 0.1) is 3.57 Å². The number of hydrogen-bond acceptors (Lipinski definition) is 6. The molecule has 0 aliphatic carbocycles. The Morgan fingerprint density at radius 1 is 1.03 bits per heavy atom. The Kier molecular flexibility index (Phi) is 6.20. The molecular formula is C21H20IN5O2. The van der Waals surface area contributed by atoms with Crippen molar-refractivity contribution in [2.45, 2.75) is 0 Å². The summed E-state index contributed by atoms with van der Waals surface area (Å²) in [5, 5.41) is 14.4. The minimum Gasteiger partial charge on any atom is -0.378 e. The monoisotopic (exact) mass is 501 g/mol. The fourth-order valence-electron chi connectivity index (χ4n) is 3.04. The molecule has 2 heterocycles. The zero-order valence-corrected chi connectivity index (χ0v) is 17.8. The SMILES string of the molecule is O=C(Nc1ccc(Nc2cc(N3CCOCC3)cnn2)cc1)c1ccccc1I. The molecule has 1 aliphatic heterocycles. The summed E-state index contributed by atoms with van der Waals surface area (Å²) in [6.07, 6.45) is 1.76. The summed E-state index contributed by atoms with van der Waals surface area (Å²) in [5.74, 6) is 0.546. The normalized spacial score (nSPS) is 13.8. The van der Waals surface area contributed by atoms with E-state index in [0.29, 0.717) is 11.4 Å². The molecule has 0 bridgehead atoms. The number of benzene rings is 2. The number of nitrogens with zero attached hydrogens (tertiary/aromatic N) is 3. The van der Waals surface area contributed by atoms with Gasteiger partial charge in [-0.15, -0.1) is 5.10 Å². The second-order valence-corrected chi connectivity index (χ2v) is 7.70. The maximum absolute atomic E-state index is 12.4. The van der Waals surface area contributed by atoms with Gasteiger partial charge in [0.15, 0.2) is 5.82 Å². The van der Waals surface area contributed by atoms with Gasteiger partial charge in [-0.05, 0) is 59.0 Å². The molecule has 29 heavy (non-hydrogen) atoms. The topological polar surface area (TPSA) is 79.4 Å². The van der Waals surface area contributed by atoms with E-state index in [1.54, 1.807) is 6.20 Å². The second kappa shape index (κ2) is 9.19. The fraction of sp³-hybridized carbons (Fsp3) is 0.190. The highest BCUT2D eigenvalue weighted by molar-refractivity contribution is 14.1. The molecular weight excluding hydrogens is 481 g/mol. The number of rotatable bonds is 5. The number of halogens is 1. The minimum atomic E-state index is -0.125. The van der Waals surface area contributed by atoms with Crippen molar-refractivity contribution in [2.75, 3.05) is 41.8 Å². The van der Waals surface area contributed by atoms with Crippen molar-refractivity contribution in [3.05, 3.63) is 69.9 Å². The first kappa shape index (κ1) is 19.6. The minimum absolute atomic E-state index is 0.125. The van der Waals surface area contributed by atoms with Gasteiger partial charge in [0.05, 0.1) is 30.7 Å². The van der Waals surface area contributed by atoms with Gasteiger partial charge in [0.2, 0.25) is 0 Å². The van der Waals surface area contributed by atoms with E-state index in [1.807, 2.05) is 54.6 Å². The molecule has 0 spiro atoms. The zero-order valence-electron chi connectivity index (χ0n) is 15.6. The average molecular weight is 501 g/mol. The standard InChI is InChI=1S/C21H20IN5O2/c22-19-4-2-1-3-18(19)21(28)25-16-7-5-15(6-8-16)24-20-13-17(14-23-26-20)27-9-11-29-12-10-27/h1-8,13-14H,9-12H2,(H,24,26)(H,25,28). The van der Waals surface area contributed by atoms with Crippen LogP contribution in [0.25, 0.3) is 0 Å². The predicted octanol–water partition coefficient (Wildman–Crippen LogP) is 3.91. The summed E-state index contributed by atoms with van der Waals surface area (Å²) in [6.45, 7) is 3.14. The molecule has 1 aliphatic rings. The van der Waals surface area contributed by atoms with Crippen LogP contribution in [0.5, 0.6) is 0 Å². The van der Waals surface area contributed by atoms with Crippen LogP contribution in [-0.2, 0) is 4.74 Å². The molecule has 0 atom stereocenters. The third-order valence-electron chi connectivity index (χ3n) is 4.55. The lowest BCUT2D eigenvalue weighted by atomic mass is 10.2. The quantitative estimate of drug-likeness (QED) is 0.517. The van der Waals surface area contributed by atoms with E-state index in [-0.39, 0.29) is 5.91 Å². The molecule has 8 heteroatoms. The van der Waals surface area contributed by atoms with Crippen molar-refractivity contribution in [1.29, 1.82) is 0 Å². The lowest BCUT2D eigenvalue weighted by Gasteiger charge is -2.28. The van der Waals surface area contributed by atoms with E-state index in [1.165, 1.54) is 0 Å². The maximum Gasteiger partial charge on any atom is 0.256 e. The van der Waals surface area contributed by atoms with E-state index in [4.69, 9.17) is 4.74 Å². The van der Waals surface area contributed by atoms with E-state index >= 15 is 0 Å². The van der Waals surface area contributed by atoms with Crippen molar-refractivity contribution >= 4 is 51.4 Å².